The number of carbonyl (C=O) groups excluding carboxylic acids is 1. The average Bonchev–Trinajstić information content (AvgIpc) is 2.94. The van der Waals surface area contributed by atoms with Crippen LogP contribution in [-0.4, -0.2) is 30.0 Å². The third-order valence-electron chi connectivity index (χ3n) is 3.20. The monoisotopic (exact) mass is 260 g/mol. The Morgan fingerprint density at radius 1 is 1.53 bits per heavy atom. The largest absolute Gasteiger partial charge is 0.357 e. The van der Waals surface area contributed by atoms with Crippen LogP contribution in [-0.2, 0) is 4.79 Å². The van der Waals surface area contributed by atoms with Gasteiger partial charge in [0.25, 0.3) is 0 Å². The second kappa shape index (κ2) is 6.33. The summed E-state index contributed by atoms with van der Waals surface area (Å²) in [6.45, 7) is 5.68. The van der Waals surface area contributed by atoms with Crippen LogP contribution in [0.3, 0.4) is 0 Å². The van der Waals surface area contributed by atoms with Crippen molar-refractivity contribution < 1.29 is 4.79 Å². The molecule has 102 valence electrons. The molecule has 3 N–H and O–H groups in total. The predicted octanol–water partition coefficient (Wildman–Crippen LogP) is 1.52. The van der Waals surface area contributed by atoms with Gasteiger partial charge in [-0.2, -0.15) is 0 Å². The van der Waals surface area contributed by atoms with Crippen molar-refractivity contribution in [2.24, 2.45) is 5.73 Å². The van der Waals surface area contributed by atoms with Gasteiger partial charge in [0.2, 0.25) is 5.91 Å². The molecule has 1 unspecified atom stereocenters. The van der Waals surface area contributed by atoms with Crippen LogP contribution in [0.25, 0.3) is 0 Å². The molecule has 0 saturated carbocycles. The molecule has 1 aromatic rings. The Morgan fingerprint density at radius 2 is 2.26 bits per heavy atom. The zero-order valence-corrected chi connectivity index (χ0v) is 11.0. The van der Waals surface area contributed by atoms with E-state index < -0.39 is 6.04 Å². The summed E-state index contributed by atoms with van der Waals surface area (Å²) >= 11 is 0. The van der Waals surface area contributed by atoms with E-state index in [4.69, 9.17) is 5.73 Å². The van der Waals surface area contributed by atoms with Crippen LogP contribution < -0.4 is 16.0 Å². The molecule has 5 heteroatoms. The molecule has 1 aliphatic heterocycles. The van der Waals surface area contributed by atoms with Gasteiger partial charge >= 0.3 is 0 Å². The SMILES string of the molecule is C=CCC(N)C(=O)Nc1ccc(N2CCCC2)nc1. The minimum atomic E-state index is -0.559. The molecular formula is C14H20N4O. The fourth-order valence-corrected chi connectivity index (χ4v) is 2.11. The normalized spacial score (nSPS) is 16.2. The summed E-state index contributed by atoms with van der Waals surface area (Å²) in [6, 6.07) is 3.23. The smallest absolute Gasteiger partial charge is 0.241 e. The van der Waals surface area contributed by atoms with Gasteiger partial charge in [-0.1, -0.05) is 6.08 Å². The Hall–Kier alpha value is -1.88. The van der Waals surface area contributed by atoms with Crippen molar-refractivity contribution in [2.45, 2.75) is 25.3 Å². The van der Waals surface area contributed by atoms with E-state index in [1.807, 2.05) is 12.1 Å². The summed E-state index contributed by atoms with van der Waals surface area (Å²) in [5, 5.41) is 2.75. The second-order valence-corrected chi connectivity index (χ2v) is 4.72. The summed E-state index contributed by atoms with van der Waals surface area (Å²) in [6.07, 6.45) is 6.21. The molecule has 1 aromatic heterocycles. The molecule has 2 heterocycles. The van der Waals surface area contributed by atoms with Gasteiger partial charge < -0.3 is 16.0 Å². The molecule has 1 atom stereocenters. The Bertz CT molecular complexity index is 437. The molecular weight excluding hydrogens is 240 g/mol. The van der Waals surface area contributed by atoms with E-state index in [1.165, 1.54) is 12.8 Å². The first-order valence-corrected chi connectivity index (χ1v) is 6.59. The van der Waals surface area contributed by atoms with E-state index in [0.29, 0.717) is 12.1 Å². The lowest BCUT2D eigenvalue weighted by atomic mass is 10.2. The molecule has 0 aliphatic carbocycles. The van der Waals surface area contributed by atoms with Crippen molar-refractivity contribution in [3.8, 4) is 0 Å². The van der Waals surface area contributed by atoms with Crippen LogP contribution in [0, 0.1) is 0 Å². The first-order chi connectivity index (χ1) is 9.20. The minimum absolute atomic E-state index is 0.212. The van der Waals surface area contributed by atoms with Crippen molar-refractivity contribution in [3.05, 3.63) is 31.0 Å². The van der Waals surface area contributed by atoms with Crippen LogP contribution in [0.4, 0.5) is 11.5 Å². The number of nitrogens with zero attached hydrogens (tertiary/aromatic N) is 2. The van der Waals surface area contributed by atoms with Gasteiger partial charge in [0.1, 0.15) is 5.82 Å². The molecule has 0 bridgehead atoms. The predicted molar refractivity (Wildman–Crippen MR) is 77.1 cm³/mol. The topological polar surface area (TPSA) is 71.2 Å². The van der Waals surface area contributed by atoms with E-state index in [1.54, 1.807) is 12.3 Å². The maximum atomic E-state index is 11.7. The van der Waals surface area contributed by atoms with Gasteiger partial charge in [-0.15, -0.1) is 6.58 Å². The molecule has 2 rings (SSSR count). The van der Waals surface area contributed by atoms with Crippen LogP contribution in [0.1, 0.15) is 19.3 Å². The summed E-state index contributed by atoms with van der Waals surface area (Å²) in [7, 11) is 0. The van der Waals surface area contributed by atoms with E-state index in [0.717, 1.165) is 18.9 Å². The fourth-order valence-electron chi connectivity index (χ4n) is 2.11. The molecule has 1 saturated heterocycles. The molecule has 5 nitrogen and oxygen atoms in total. The number of nitrogens with one attached hydrogen (secondary N) is 1. The van der Waals surface area contributed by atoms with E-state index in [-0.39, 0.29) is 5.91 Å². The second-order valence-electron chi connectivity index (χ2n) is 4.72. The quantitative estimate of drug-likeness (QED) is 0.787. The van der Waals surface area contributed by atoms with Gasteiger partial charge in [0.05, 0.1) is 17.9 Å². The Kier molecular flexibility index (Phi) is 4.52. The maximum Gasteiger partial charge on any atom is 0.241 e. The molecule has 1 amide bonds. The number of carbonyl (C=O) groups is 1. The summed E-state index contributed by atoms with van der Waals surface area (Å²) < 4.78 is 0. The highest BCUT2D eigenvalue weighted by Gasteiger charge is 2.14. The average molecular weight is 260 g/mol. The van der Waals surface area contributed by atoms with Crippen molar-refractivity contribution in [2.75, 3.05) is 23.3 Å². The lowest BCUT2D eigenvalue weighted by Gasteiger charge is -2.16. The first-order valence-electron chi connectivity index (χ1n) is 6.59. The summed E-state index contributed by atoms with van der Waals surface area (Å²) in [5.41, 5.74) is 6.37. The maximum absolute atomic E-state index is 11.7. The number of pyridine rings is 1. The Morgan fingerprint density at radius 3 is 2.84 bits per heavy atom. The lowest BCUT2D eigenvalue weighted by Crippen LogP contribution is -2.35. The van der Waals surface area contributed by atoms with Crippen molar-refractivity contribution in [1.82, 2.24) is 4.98 Å². The van der Waals surface area contributed by atoms with E-state index >= 15 is 0 Å². The number of anilines is 2. The van der Waals surface area contributed by atoms with Gasteiger partial charge in [0.15, 0.2) is 0 Å². The molecule has 19 heavy (non-hydrogen) atoms. The zero-order chi connectivity index (χ0) is 13.7. The molecule has 1 fully saturated rings. The van der Waals surface area contributed by atoms with Gasteiger partial charge in [-0.3, -0.25) is 4.79 Å². The van der Waals surface area contributed by atoms with Crippen molar-refractivity contribution in [3.63, 3.8) is 0 Å². The van der Waals surface area contributed by atoms with Gasteiger partial charge in [-0.25, -0.2) is 4.98 Å². The first kappa shape index (κ1) is 13.5. The van der Waals surface area contributed by atoms with E-state index in [2.05, 4.69) is 21.8 Å². The number of hydrogen-bond donors (Lipinski definition) is 2. The molecule has 0 aromatic carbocycles. The highest BCUT2D eigenvalue weighted by molar-refractivity contribution is 5.94. The Labute approximate surface area is 113 Å². The van der Waals surface area contributed by atoms with Gasteiger partial charge in [-0.05, 0) is 31.4 Å². The van der Waals surface area contributed by atoms with Crippen molar-refractivity contribution >= 4 is 17.4 Å². The number of hydrogen-bond acceptors (Lipinski definition) is 4. The highest BCUT2D eigenvalue weighted by atomic mass is 16.2. The number of nitrogens with two attached hydrogens (primary N) is 1. The fraction of sp³-hybridized carbons (Fsp3) is 0.429. The standard InChI is InChI=1S/C14H20N4O/c1-2-5-12(15)14(19)17-11-6-7-13(16-10-11)18-8-3-4-9-18/h2,6-7,10,12H,1,3-5,8-9,15H2,(H,17,19). The highest BCUT2D eigenvalue weighted by Crippen LogP contribution is 2.19. The van der Waals surface area contributed by atoms with Crippen LogP contribution in [0.2, 0.25) is 0 Å². The minimum Gasteiger partial charge on any atom is -0.357 e. The molecule has 0 radical (unpaired) electrons. The van der Waals surface area contributed by atoms with Gasteiger partial charge in [0, 0.05) is 13.1 Å². The van der Waals surface area contributed by atoms with Crippen LogP contribution >= 0.6 is 0 Å². The molecule has 1 aliphatic rings. The third-order valence-corrected chi connectivity index (χ3v) is 3.20. The van der Waals surface area contributed by atoms with Crippen molar-refractivity contribution in [1.29, 1.82) is 0 Å². The Balaban J connectivity index is 1.94. The summed E-state index contributed by atoms with van der Waals surface area (Å²) in [5.74, 6) is 0.751. The van der Waals surface area contributed by atoms with Crippen LogP contribution in [0.15, 0.2) is 31.0 Å². The number of amides is 1. The van der Waals surface area contributed by atoms with E-state index in [9.17, 15) is 4.79 Å². The number of rotatable bonds is 5. The molecule has 0 spiro atoms. The van der Waals surface area contributed by atoms with Crippen LogP contribution in [0.5, 0.6) is 0 Å². The lowest BCUT2D eigenvalue weighted by molar-refractivity contribution is -0.117. The zero-order valence-electron chi connectivity index (χ0n) is 11.0. The number of aromatic nitrogens is 1. The summed E-state index contributed by atoms with van der Waals surface area (Å²) in [4.78, 5) is 18.3. The third kappa shape index (κ3) is 3.54.